The van der Waals surface area contributed by atoms with Crippen LogP contribution in [0.3, 0.4) is 0 Å². The van der Waals surface area contributed by atoms with Gasteiger partial charge in [0.25, 0.3) is 0 Å². The highest BCUT2D eigenvalue weighted by Gasteiger charge is 2.42. The molecule has 5 heteroatoms. The van der Waals surface area contributed by atoms with E-state index in [0.717, 1.165) is 32.0 Å². The molecule has 1 aromatic heterocycles. The molecule has 3 rings (SSSR count). The van der Waals surface area contributed by atoms with E-state index in [-0.39, 0.29) is 17.8 Å². The summed E-state index contributed by atoms with van der Waals surface area (Å²) in [6.45, 7) is 1.27. The molecule has 1 saturated carbocycles. The number of thiophene rings is 1. The van der Waals surface area contributed by atoms with Gasteiger partial charge in [-0.1, -0.05) is 19.3 Å². The van der Waals surface area contributed by atoms with Gasteiger partial charge < -0.3 is 9.90 Å². The summed E-state index contributed by atoms with van der Waals surface area (Å²) in [6, 6.07) is 1.64. The Hall–Kier alpha value is -1.20. The first-order valence-electron chi connectivity index (χ1n) is 8.15. The number of hydrogen-bond acceptors (Lipinski definition) is 4. The summed E-state index contributed by atoms with van der Waals surface area (Å²) < 4.78 is 0. The molecule has 4 nitrogen and oxygen atoms in total. The molecule has 0 aromatic carbocycles. The van der Waals surface area contributed by atoms with E-state index in [1.807, 2.05) is 5.38 Å². The predicted molar refractivity (Wildman–Crippen MR) is 86.2 cm³/mol. The van der Waals surface area contributed by atoms with E-state index in [2.05, 4.69) is 16.3 Å². The Morgan fingerprint density at radius 1 is 1.32 bits per heavy atom. The van der Waals surface area contributed by atoms with Crippen LogP contribution in [0, 0.1) is 11.8 Å². The number of carbonyl (C=O) groups excluding carboxylic acids is 1. The number of likely N-dealkylation sites (tertiary alicyclic amines) is 1. The van der Waals surface area contributed by atoms with Crippen LogP contribution in [-0.2, 0) is 9.59 Å². The van der Waals surface area contributed by atoms with Crippen LogP contribution < -0.4 is 0 Å². The van der Waals surface area contributed by atoms with Crippen molar-refractivity contribution in [1.29, 1.82) is 0 Å². The minimum Gasteiger partial charge on any atom is -0.480 e. The molecule has 1 aromatic rings. The number of carbonyl (C=O) groups is 2. The van der Waals surface area contributed by atoms with Gasteiger partial charge in [0.15, 0.2) is 0 Å². The van der Waals surface area contributed by atoms with Crippen molar-refractivity contribution >= 4 is 23.6 Å². The summed E-state index contributed by atoms with van der Waals surface area (Å²) >= 11 is 1.63. The van der Waals surface area contributed by atoms with Gasteiger partial charge in [0, 0.05) is 24.9 Å². The van der Waals surface area contributed by atoms with Crippen LogP contribution in [0.2, 0.25) is 0 Å². The van der Waals surface area contributed by atoms with Crippen molar-refractivity contribution in [3.63, 3.8) is 0 Å². The number of rotatable bonds is 5. The fourth-order valence-corrected chi connectivity index (χ4v) is 4.89. The quantitative estimate of drug-likeness (QED) is 0.847. The third-order valence-electron chi connectivity index (χ3n) is 5.28. The Bertz CT molecular complexity index is 510. The Balaban J connectivity index is 1.77. The van der Waals surface area contributed by atoms with Crippen LogP contribution >= 0.6 is 11.3 Å². The second-order valence-electron chi connectivity index (χ2n) is 6.60. The van der Waals surface area contributed by atoms with Gasteiger partial charge in [0.2, 0.25) is 0 Å². The Labute approximate surface area is 135 Å². The molecule has 2 fully saturated rings. The molecule has 2 heterocycles. The third-order valence-corrected chi connectivity index (χ3v) is 5.98. The second kappa shape index (κ2) is 6.92. The van der Waals surface area contributed by atoms with Crippen LogP contribution in [-0.4, -0.2) is 41.4 Å². The number of aldehydes is 1. The molecule has 22 heavy (non-hydrogen) atoms. The minimum absolute atomic E-state index is 0.0833. The third kappa shape index (κ3) is 3.10. The number of carboxylic acid groups (broad SMARTS) is 1. The maximum absolute atomic E-state index is 11.8. The van der Waals surface area contributed by atoms with Crippen molar-refractivity contribution in [2.24, 2.45) is 11.8 Å². The lowest BCUT2D eigenvalue weighted by Gasteiger charge is -2.33. The smallest absolute Gasteiger partial charge is 0.321 e. The molecule has 1 N–H and O–H groups in total. The monoisotopic (exact) mass is 321 g/mol. The zero-order chi connectivity index (χ0) is 15.5. The topological polar surface area (TPSA) is 57.6 Å². The van der Waals surface area contributed by atoms with Crippen LogP contribution in [0.4, 0.5) is 0 Å². The number of aliphatic carboxylic acids is 1. The van der Waals surface area contributed by atoms with Crippen molar-refractivity contribution in [3.05, 3.63) is 22.4 Å². The van der Waals surface area contributed by atoms with Crippen molar-refractivity contribution in [1.82, 2.24) is 4.90 Å². The van der Waals surface area contributed by atoms with E-state index < -0.39 is 12.0 Å². The van der Waals surface area contributed by atoms with Crippen LogP contribution in [0.1, 0.15) is 43.6 Å². The van der Waals surface area contributed by atoms with Gasteiger partial charge in [-0.2, -0.15) is 11.3 Å². The molecular weight excluding hydrogens is 298 g/mol. The molecule has 0 radical (unpaired) electrons. The Kier molecular flexibility index (Phi) is 4.93. The van der Waals surface area contributed by atoms with Crippen molar-refractivity contribution < 1.29 is 14.7 Å². The highest BCUT2D eigenvalue weighted by atomic mass is 32.1. The van der Waals surface area contributed by atoms with Crippen LogP contribution in [0.15, 0.2) is 16.8 Å². The summed E-state index contributed by atoms with van der Waals surface area (Å²) in [5.74, 6) is -0.420. The van der Waals surface area contributed by atoms with E-state index in [1.54, 1.807) is 11.3 Å². The summed E-state index contributed by atoms with van der Waals surface area (Å²) in [4.78, 5) is 25.4. The Morgan fingerprint density at radius 3 is 2.68 bits per heavy atom. The van der Waals surface area contributed by atoms with E-state index in [1.165, 1.54) is 12.0 Å². The summed E-state index contributed by atoms with van der Waals surface area (Å²) in [5.41, 5.74) is 1.18. The Morgan fingerprint density at radius 2 is 2.09 bits per heavy atom. The number of carboxylic acids is 1. The zero-order valence-electron chi connectivity index (χ0n) is 12.7. The maximum Gasteiger partial charge on any atom is 0.321 e. The van der Waals surface area contributed by atoms with Crippen LogP contribution in [0.5, 0.6) is 0 Å². The second-order valence-corrected chi connectivity index (χ2v) is 7.38. The van der Waals surface area contributed by atoms with E-state index in [0.29, 0.717) is 13.1 Å². The average molecular weight is 321 g/mol. The largest absolute Gasteiger partial charge is 0.480 e. The highest BCUT2D eigenvalue weighted by molar-refractivity contribution is 7.08. The van der Waals surface area contributed by atoms with E-state index >= 15 is 0 Å². The number of hydrogen-bond donors (Lipinski definition) is 1. The van der Waals surface area contributed by atoms with E-state index in [9.17, 15) is 14.7 Å². The zero-order valence-corrected chi connectivity index (χ0v) is 13.5. The first kappa shape index (κ1) is 15.7. The van der Waals surface area contributed by atoms with Gasteiger partial charge in [-0.25, -0.2) is 0 Å². The van der Waals surface area contributed by atoms with Crippen molar-refractivity contribution in [2.75, 3.05) is 13.1 Å². The average Bonchev–Trinajstić information content (AvgIpc) is 3.17. The van der Waals surface area contributed by atoms with Gasteiger partial charge in [0.05, 0.1) is 0 Å². The van der Waals surface area contributed by atoms with Gasteiger partial charge in [-0.3, -0.25) is 9.69 Å². The lowest BCUT2D eigenvalue weighted by molar-refractivity contribution is -0.145. The predicted octanol–water partition coefficient (Wildman–Crippen LogP) is 3.00. The van der Waals surface area contributed by atoms with Gasteiger partial charge >= 0.3 is 5.97 Å². The SMILES string of the molecule is O=C[C@H]1CN([C@@H](C(=O)O)C2CCCCC2)C[C@@H]1c1ccsc1. The molecular formula is C17H23NO3S. The summed E-state index contributed by atoms with van der Waals surface area (Å²) in [5, 5.41) is 13.8. The van der Waals surface area contributed by atoms with Gasteiger partial charge in [-0.05, 0) is 41.1 Å². The van der Waals surface area contributed by atoms with Crippen LogP contribution in [0.25, 0.3) is 0 Å². The first-order valence-corrected chi connectivity index (χ1v) is 9.09. The summed E-state index contributed by atoms with van der Waals surface area (Å²) in [7, 11) is 0. The normalized spacial score (nSPS) is 28.5. The maximum atomic E-state index is 11.8. The molecule has 1 saturated heterocycles. The first-order chi connectivity index (χ1) is 10.7. The molecule has 2 aliphatic rings. The molecule has 0 bridgehead atoms. The fourth-order valence-electron chi connectivity index (χ4n) is 4.17. The highest BCUT2D eigenvalue weighted by Crippen LogP contribution is 2.37. The molecule has 0 spiro atoms. The molecule has 1 aliphatic carbocycles. The molecule has 0 amide bonds. The fraction of sp³-hybridized carbons (Fsp3) is 0.647. The lowest BCUT2D eigenvalue weighted by atomic mass is 9.83. The molecule has 3 atom stereocenters. The standard InChI is InChI=1S/C17H23NO3S/c19-10-14-8-18(9-15(14)13-6-7-22-11-13)16(17(20)21)12-4-2-1-3-5-12/h6-7,10-12,14-16H,1-5,8-9H2,(H,20,21)/t14-,15-,16-/m1/s1. The van der Waals surface area contributed by atoms with Gasteiger partial charge in [-0.15, -0.1) is 0 Å². The van der Waals surface area contributed by atoms with Crippen molar-refractivity contribution in [3.8, 4) is 0 Å². The number of nitrogens with zero attached hydrogens (tertiary/aromatic N) is 1. The molecule has 1 aliphatic heterocycles. The van der Waals surface area contributed by atoms with Gasteiger partial charge in [0.1, 0.15) is 12.3 Å². The molecule has 120 valence electrons. The summed E-state index contributed by atoms with van der Waals surface area (Å²) in [6.07, 6.45) is 6.50. The van der Waals surface area contributed by atoms with Crippen molar-refractivity contribution in [2.45, 2.75) is 44.1 Å². The van der Waals surface area contributed by atoms with E-state index in [4.69, 9.17) is 0 Å². The lowest BCUT2D eigenvalue weighted by Crippen LogP contribution is -2.46. The molecule has 0 unspecified atom stereocenters. The minimum atomic E-state index is -0.720.